The molecule has 0 amide bonds. The van der Waals surface area contributed by atoms with Crippen molar-refractivity contribution in [3.8, 4) is 0 Å². The van der Waals surface area contributed by atoms with Crippen LogP contribution in [-0.2, 0) is 6.54 Å². The zero-order valence-electron chi connectivity index (χ0n) is 8.85. The third kappa shape index (κ3) is 3.09. The maximum absolute atomic E-state index is 13.1. The molecule has 16 heavy (non-hydrogen) atoms. The fraction of sp³-hybridized carbons (Fsp3) is 0.500. The molecule has 4 heteroatoms. The van der Waals surface area contributed by atoms with Crippen LogP contribution in [0.2, 0.25) is 5.02 Å². The highest BCUT2D eigenvalue weighted by Crippen LogP contribution is 2.31. The molecule has 2 rings (SSSR count). The van der Waals surface area contributed by atoms with Crippen LogP contribution in [0, 0.1) is 11.7 Å². The molecule has 88 valence electrons. The second kappa shape index (κ2) is 5.35. The maximum atomic E-state index is 13.1. The summed E-state index contributed by atoms with van der Waals surface area (Å²) in [6.45, 7) is 1.63. The van der Waals surface area contributed by atoms with Crippen molar-refractivity contribution in [2.45, 2.75) is 24.8 Å². The summed E-state index contributed by atoms with van der Waals surface area (Å²) in [7, 11) is 0. The molecule has 1 fully saturated rings. The van der Waals surface area contributed by atoms with Crippen molar-refractivity contribution in [2.75, 3.05) is 6.54 Å². The smallest absolute Gasteiger partial charge is 0.142 e. The first-order chi connectivity index (χ1) is 7.65. The molecule has 1 nitrogen and oxygen atoms in total. The predicted octanol–water partition coefficient (Wildman–Crippen LogP) is 3.59. The van der Waals surface area contributed by atoms with E-state index in [1.165, 1.54) is 6.07 Å². The Labute approximate surface area is 105 Å². The van der Waals surface area contributed by atoms with E-state index in [0.29, 0.717) is 17.8 Å². The zero-order chi connectivity index (χ0) is 11.5. The van der Waals surface area contributed by atoms with Gasteiger partial charge < -0.3 is 5.32 Å². The Kier molecular flexibility index (Phi) is 4.06. The van der Waals surface area contributed by atoms with Crippen LogP contribution in [0.4, 0.5) is 4.39 Å². The number of nitrogens with one attached hydrogen (secondary N) is 1. The van der Waals surface area contributed by atoms with E-state index in [1.807, 2.05) is 6.07 Å². The molecule has 0 heterocycles. The van der Waals surface area contributed by atoms with E-state index >= 15 is 0 Å². The summed E-state index contributed by atoms with van der Waals surface area (Å²) >= 11 is 11.5. The van der Waals surface area contributed by atoms with Crippen LogP contribution in [0.3, 0.4) is 0 Å². The molecular weight excluding hydrogens is 248 g/mol. The zero-order valence-corrected chi connectivity index (χ0v) is 10.4. The van der Waals surface area contributed by atoms with Gasteiger partial charge in [0.15, 0.2) is 0 Å². The monoisotopic (exact) mass is 261 g/mol. The Balaban J connectivity index is 1.74. The van der Waals surface area contributed by atoms with Crippen molar-refractivity contribution in [2.24, 2.45) is 5.92 Å². The van der Waals surface area contributed by atoms with E-state index in [2.05, 4.69) is 5.32 Å². The van der Waals surface area contributed by atoms with Crippen LogP contribution in [-0.4, -0.2) is 11.9 Å². The first-order valence-electron chi connectivity index (χ1n) is 5.44. The van der Waals surface area contributed by atoms with Crippen LogP contribution in [0.15, 0.2) is 18.2 Å². The number of benzene rings is 1. The summed E-state index contributed by atoms with van der Waals surface area (Å²) in [5.41, 5.74) is 0.920. The van der Waals surface area contributed by atoms with Gasteiger partial charge in [-0.1, -0.05) is 17.7 Å². The highest BCUT2D eigenvalue weighted by molar-refractivity contribution is 6.30. The van der Waals surface area contributed by atoms with E-state index in [0.717, 1.165) is 24.9 Å². The number of alkyl halides is 1. The average Bonchev–Trinajstić information content (AvgIpc) is 2.21. The van der Waals surface area contributed by atoms with E-state index in [9.17, 15) is 4.39 Å². The molecule has 0 radical (unpaired) electrons. The average molecular weight is 262 g/mol. The third-order valence-corrected chi connectivity index (χ3v) is 3.59. The van der Waals surface area contributed by atoms with Crippen LogP contribution in [0.25, 0.3) is 0 Å². The third-order valence-electron chi connectivity index (χ3n) is 2.92. The molecule has 0 bridgehead atoms. The molecule has 1 saturated carbocycles. The fourth-order valence-corrected chi connectivity index (χ4v) is 2.51. The Hall–Kier alpha value is -0.310. The number of halogens is 3. The molecule has 0 spiro atoms. The molecule has 0 aromatic heterocycles. The van der Waals surface area contributed by atoms with Gasteiger partial charge in [-0.25, -0.2) is 4.39 Å². The minimum absolute atomic E-state index is 0.174. The van der Waals surface area contributed by atoms with Gasteiger partial charge >= 0.3 is 0 Å². The fourth-order valence-electron chi connectivity index (χ4n) is 1.89. The molecule has 1 aliphatic rings. The summed E-state index contributed by atoms with van der Waals surface area (Å²) in [6, 6.07) is 4.90. The Morgan fingerprint density at radius 1 is 1.38 bits per heavy atom. The summed E-state index contributed by atoms with van der Waals surface area (Å²) < 4.78 is 13.1. The van der Waals surface area contributed by atoms with E-state index in [4.69, 9.17) is 23.2 Å². The molecule has 0 atom stereocenters. The summed E-state index contributed by atoms with van der Waals surface area (Å²) in [6.07, 6.45) is 2.17. The van der Waals surface area contributed by atoms with Gasteiger partial charge in [-0.15, -0.1) is 11.6 Å². The topological polar surface area (TPSA) is 12.0 Å². The predicted molar refractivity (Wildman–Crippen MR) is 65.5 cm³/mol. The molecule has 0 unspecified atom stereocenters. The van der Waals surface area contributed by atoms with Crippen LogP contribution in [0.1, 0.15) is 18.4 Å². The van der Waals surface area contributed by atoms with Crippen molar-refractivity contribution in [3.05, 3.63) is 34.6 Å². The molecule has 1 aliphatic carbocycles. The first kappa shape index (κ1) is 12.2. The minimum atomic E-state index is -0.356. The van der Waals surface area contributed by atoms with Crippen molar-refractivity contribution in [3.63, 3.8) is 0 Å². The standard InChI is InChI=1S/C12H14Cl2FN/c13-10-3-9(4-10)7-16-6-8-1-2-11(14)12(15)5-8/h1-2,5,9-10,16H,3-4,6-7H2. The van der Waals surface area contributed by atoms with Crippen LogP contribution < -0.4 is 5.32 Å². The van der Waals surface area contributed by atoms with E-state index in [-0.39, 0.29) is 10.8 Å². The lowest BCUT2D eigenvalue weighted by Gasteiger charge is -2.31. The highest BCUT2D eigenvalue weighted by Gasteiger charge is 2.26. The van der Waals surface area contributed by atoms with Gasteiger partial charge in [0.05, 0.1) is 5.02 Å². The van der Waals surface area contributed by atoms with Gasteiger partial charge in [0.2, 0.25) is 0 Å². The Morgan fingerprint density at radius 2 is 2.12 bits per heavy atom. The molecule has 0 aliphatic heterocycles. The SMILES string of the molecule is Fc1cc(CNCC2CC(Cl)C2)ccc1Cl. The summed E-state index contributed by atoms with van der Waals surface area (Å²) in [5, 5.41) is 3.84. The van der Waals surface area contributed by atoms with E-state index < -0.39 is 0 Å². The molecule has 1 aromatic rings. The normalized spacial score (nSPS) is 24.2. The second-order valence-corrected chi connectivity index (χ2v) is 5.34. The van der Waals surface area contributed by atoms with Crippen molar-refractivity contribution < 1.29 is 4.39 Å². The van der Waals surface area contributed by atoms with Gasteiger partial charge in [-0.3, -0.25) is 0 Å². The quantitative estimate of drug-likeness (QED) is 0.818. The largest absolute Gasteiger partial charge is 0.312 e. The van der Waals surface area contributed by atoms with Crippen molar-refractivity contribution in [1.29, 1.82) is 0 Å². The number of rotatable bonds is 4. The number of hydrogen-bond acceptors (Lipinski definition) is 1. The first-order valence-corrected chi connectivity index (χ1v) is 6.25. The minimum Gasteiger partial charge on any atom is -0.312 e. The Bertz CT molecular complexity index is 364. The number of hydrogen-bond donors (Lipinski definition) is 1. The van der Waals surface area contributed by atoms with Crippen LogP contribution >= 0.6 is 23.2 Å². The Morgan fingerprint density at radius 3 is 2.75 bits per heavy atom. The molecule has 0 saturated heterocycles. The summed E-state index contributed by atoms with van der Waals surface area (Å²) in [4.78, 5) is 0. The molecule has 1 aromatic carbocycles. The van der Waals surface area contributed by atoms with Crippen molar-refractivity contribution in [1.82, 2.24) is 5.32 Å². The lowest BCUT2D eigenvalue weighted by Crippen LogP contribution is -2.33. The second-order valence-electron chi connectivity index (χ2n) is 4.31. The van der Waals surface area contributed by atoms with E-state index in [1.54, 1.807) is 6.07 Å². The molecule has 1 N–H and O–H groups in total. The van der Waals surface area contributed by atoms with Gasteiger partial charge in [0.25, 0.3) is 0 Å². The molecular formula is C12H14Cl2FN. The van der Waals surface area contributed by atoms with Gasteiger partial charge in [-0.2, -0.15) is 0 Å². The lowest BCUT2D eigenvalue weighted by molar-refractivity contribution is 0.308. The van der Waals surface area contributed by atoms with Gasteiger partial charge in [-0.05, 0) is 43.0 Å². The highest BCUT2D eigenvalue weighted by atomic mass is 35.5. The lowest BCUT2D eigenvalue weighted by atomic mass is 9.85. The maximum Gasteiger partial charge on any atom is 0.142 e. The van der Waals surface area contributed by atoms with Crippen LogP contribution in [0.5, 0.6) is 0 Å². The van der Waals surface area contributed by atoms with Gasteiger partial charge in [0, 0.05) is 11.9 Å². The van der Waals surface area contributed by atoms with Gasteiger partial charge in [0.1, 0.15) is 5.82 Å². The van der Waals surface area contributed by atoms with Crippen molar-refractivity contribution >= 4 is 23.2 Å². The summed E-state index contributed by atoms with van der Waals surface area (Å²) in [5.74, 6) is 0.324.